The van der Waals surface area contributed by atoms with E-state index in [9.17, 15) is 14.7 Å². The number of fused-ring (bicyclic) bond motifs is 3. The Morgan fingerprint density at radius 3 is 2.55 bits per heavy atom. The minimum absolute atomic E-state index is 0.175. The van der Waals surface area contributed by atoms with Gasteiger partial charge in [0.2, 0.25) is 5.91 Å². The Morgan fingerprint density at radius 1 is 1.13 bits per heavy atom. The molecule has 0 aliphatic heterocycles. The average Bonchev–Trinajstić information content (AvgIpc) is 3.34. The predicted molar refractivity (Wildman–Crippen MR) is 114 cm³/mol. The molecule has 1 aromatic carbocycles. The van der Waals surface area contributed by atoms with Gasteiger partial charge in [0.25, 0.3) is 0 Å². The van der Waals surface area contributed by atoms with Crippen LogP contribution in [0.15, 0.2) is 43.0 Å². The number of hydrogen-bond donors (Lipinski definition) is 2. The predicted octanol–water partition coefficient (Wildman–Crippen LogP) is 3.21. The van der Waals surface area contributed by atoms with E-state index in [1.807, 2.05) is 0 Å². The molecule has 2 N–H and O–H groups in total. The van der Waals surface area contributed by atoms with Crippen molar-refractivity contribution in [2.75, 3.05) is 5.32 Å². The van der Waals surface area contributed by atoms with E-state index in [4.69, 9.17) is 5.10 Å². The van der Waals surface area contributed by atoms with E-state index in [1.54, 1.807) is 41.3 Å². The molecule has 4 aromatic rings. The monoisotopic (exact) mass is 432 g/mol. The minimum atomic E-state index is -0.985. The molecule has 3 aromatic heterocycles. The molecular formula is C21H16N6O3S. The highest BCUT2D eigenvalue weighted by Crippen LogP contribution is 2.43. The number of aromatic nitrogens is 5. The zero-order chi connectivity index (χ0) is 21.5. The number of carbonyl (C=O) groups excluding carboxylic acids is 1. The number of nitrogens with zero attached hydrogens (tertiary/aromatic N) is 5. The van der Waals surface area contributed by atoms with Crippen LogP contribution >= 0.6 is 11.3 Å². The molecule has 154 valence electrons. The molecule has 1 amide bonds. The van der Waals surface area contributed by atoms with Gasteiger partial charge in [0.1, 0.15) is 6.33 Å². The van der Waals surface area contributed by atoms with Gasteiger partial charge in [-0.1, -0.05) is 11.3 Å². The van der Waals surface area contributed by atoms with Crippen molar-refractivity contribution in [2.45, 2.75) is 19.8 Å². The van der Waals surface area contributed by atoms with Crippen molar-refractivity contribution in [3.8, 4) is 27.5 Å². The first-order valence-electron chi connectivity index (χ1n) is 9.50. The van der Waals surface area contributed by atoms with Crippen molar-refractivity contribution in [1.29, 1.82) is 0 Å². The Balaban J connectivity index is 1.71. The van der Waals surface area contributed by atoms with Crippen molar-refractivity contribution in [2.24, 2.45) is 0 Å². The summed E-state index contributed by atoms with van der Waals surface area (Å²) >= 11 is 1.40. The van der Waals surface area contributed by atoms with Crippen LogP contribution in [-0.4, -0.2) is 41.7 Å². The van der Waals surface area contributed by atoms with Gasteiger partial charge in [-0.05, 0) is 37.1 Å². The van der Waals surface area contributed by atoms with Crippen LogP contribution in [0.1, 0.15) is 28.5 Å². The first-order valence-corrected chi connectivity index (χ1v) is 10.3. The number of carboxylic acids is 1. The Kier molecular flexibility index (Phi) is 4.55. The van der Waals surface area contributed by atoms with Crippen LogP contribution < -0.4 is 5.32 Å². The van der Waals surface area contributed by atoms with E-state index in [2.05, 4.69) is 20.3 Å². The second-order valence-corrected chi connectivity index (χ2v) is 8.04. The van der Waals surface area contributed by atoms with Crippen LogP contribution in [0.25, 0.3) is 27.5 Å². The number of amides is 1. The lowest BCUT2D eigenvalue weighted by molar-refractivity contribution is -0.114. The second kappa shape index (κ2) is 7.40. The molecule has 0 saturated carbocycles. The fourth-order valence-electron chi connectivity index (χ4n) is 3.66. The van der Waals surface area contributed by atoms with Crippen LogP contribution in [0, 0.1) is 0 Å². The zero-order valence-electron chi connectivity index (χ0n) is 16.4. The lowest BCUT2D eigenvalue weighted by atomic mass is 9.96. The molecule has 0 unspecified atom stereocenters. The maximum Gasteiger partial charge on any atom is 0.335 e. The number of carbonyl (C=O) groups is 2. The van der Waals surface area contributed by atoms with Gasteiger partial charge in [0.05, 0.1) is 33.2 Å². The zero-order valence-corrected chi connectivity index (χ0v) is 17.2. The summed E-state index contributed by atoms with van der Waals surface area (Å²) in [7, 11) is 0. The first-order chi connectivity index (χ1) is 15.0. The summed E-state index contributed by atoms with van der Waals surface area (Å²) in [6, 6.07) is 6.56. The summed E-state index contributed by atoms with van der Waals surface area (Å²) in [6.45, 7) is 1.45. The van der Waals surface area contributed by atoms with Gasteiger partial charge >= 0.3 is 5.97 Å². The summed E-state index contributed by atoms with van der Waals surface area (Å²) in [4.78, 5) is 36.5. The molecule has 3 heterocycles. The number of benzene rings is 1. The molecule has 1 aliphatic rings. The van der Waals surface area contributed by atoms with Crippen molar-refractivity contribution >= 4 is 28.3 Å². The largest absolute Gasteiger partial charge is 0.478 e. The molecule has 0 spiro atoms. The fraction of sp³-hybridized carbons (Fsp3) is 0.143. The molecule has 0 fully saturated rings. The van der Waals surface area contributed by atoms with E-state index in [0.29, 0.717) is 5.13 Å². The van der Waals surface area contributed by atoms with Gasteiger partial charge in [-0.25, -0.2) is 24.4 Å². The van der Waals surface area contributed by atoms with Gasteiger partial charge in [-0.2, -0.15) is 5.10 Å². The highest BCUT2D eigenvalue weighted by molar-refractivity contribution is 7.19. The second-order valence-electron chi connectivity index (χ2n) is 7.04. The Bertz CT molecular complexity index is 1310. The third-order valence-electron chi connectivity index (χ3n) is 4.98. The quantitative estimate of drug-likeness (QED) is 0.508. The van der Waals surface area contributed by atoms with E-state index >= 15 is 0 Å². The van der Waals surface area contributed by atoms with Gasteiger partial charge in [0, 0.05) is 30.4 Å². The van der Waals surface area contributed by atoms with E-state index in [1.165, 1.54) is 24.6 Å². The van der Waals surface area contributed by atoms with Crippen LogP contribution in [0.5, 0.6) is 0 Å². The number of hydrogen-bond acceptors (Lipinski definition) is 7. The normalized spacial score (nSPS) is 12.2. The summed E-state index contributed by atoms with van der Waals surface area (Å²) in [6.07, 6.45) is 6.36. The average molecular weight is 432 g/mol. The standard InChI is InChI=1S/C21H16N6O3S/c1-11(28)24-21-25-16-7-6-15-17(13-8-22-10-23-9-13)26-27(18(15)19(16)31-21)14-4-2-12(3-5-14)20(29)30/h2-5,8-10H,6-7H2,1H3,(H,29,30)(H,24,25,28). The third-order valence-corrected chi connectivity index (χ3v) is 6.00. The summed E-state index contributed by atoms with van der Waals surface area (Å²) < 4.78 is 1.80. The van der Waals surface area contributed by atoms with Crippen molar-refractivity contribution in [1.82, 2.24) is 24.7 Å². The number of rotatable bonds is 4. The molecule has 0 saturated heterocycles. The number of aromatic carboxylic acids is 1. The highest BCUT2D eigenvalue weighted by Gasteiger charge is 2.30. The molecule has 5 rings (SSSR count). The molecular weight excluding hydrogens is 416 g/mol. The van der Waals surface area contributed by atoms with E-state index in [0.717, 1.165) is 51.6 Å². The van der Waals surface area contributed by atoms with Crippen LogP contribution in [0.2, 0.25) is 0 Å². The van der Waals surface area contributed by atoms with E-state index < -0.39 is 5.97 Å². The first kappa shape index (κ1) is 19.1. The van der Waals surface area contributed by atoms with Crippen molar-refractivity contribution < 1.29 is 14.7 Å². The summed E-state index contributed by atoms with van der Waals surface area (Å²) in [5.74, 6) is -1.16. The third kappa shape index (κ3) is 3.36. The smallest absolute Gasteiger partial charge is 0.335 e. The van der Waals surface area contributed by atoms with Crippen LogP contribution in [0.4, 0.5) is 5.13 Å². The van der Waals surface area contributed by atoms with Crippen LogP contribution in [-0.2, 0) is 17.6 Å². The van der Waals surface area contributed by atoms with E-state index in [-0.39, 0.29) is 11.5 Å². The number of anilines is 1. The van der Waals surface area contributed by atoms with Crippen molar-refractivity contribution in [3.05, 3.63) is 59.8 Å². The lowest BCUT2D eigenvalue weighted by Gasteiger charge is -2.14. The van der Waals surface area contributed by atoms with Crippen LogP contribution in [0.3, 0.4) is 0 Å². The molecule has 9 nitrogen and oxygen atoms in total. The summed E-state index contributed by atoms with van der Waals surface area (Å²) in [5, 5.41) is 17.4. The Labute approximate surface area is 180 Å². The van der Waals surface area contributed by atoms with Gasteiger partial charge in [0.15, 0.2) is 5.13 Å². The Morgan fingerprint density at radius 2 is 1.87 bits per heavy atom. The van der Waals surface area contributed by atoms with Gasteiger partial charge in [-0.3, -0.25) is 4.79 Å². The molecule has 10 heteroatoms. The molecule has 0 radical (unpaired) electrons. The van der Waals surface area contributed by atoms with Gasteiger partial charge in [-0.15, -0.1) is 0 Å². The number of thiazole rings is 1. The SMILES string of the molecule is CC(=O)Nc1nc2c(s1)-c1c(c(-c3cncnc3)nn1-c1ccc(C(=O)O)cc1)CC2. The molecule has 1 aliphatic carbocycles. The molecule has 0 atom stereocenters. The number of nitrogens with one attached hydrogen (secondary N) is 1. The highest BCUT2D eigenvalue weighted by atomic mass is 32.1. The van der Waals surface area contributed by atoms with Gasteiger partial charge < -0.3 is 10.4 Å². The number of carboxylic acid groups (broad SMARTS) is 1. The number of aryl methyl sites for hydroxylation is 1. The molecule has 31 heavy (non-hydrogen) atoms. The topological polar surface area (TPSA) is 123 Å². The van der Waals surface area contributed by atoms with Crippen molar-refractivity contribution in [3.63, 3.8) is 0 Å². The molecule has 0 bridgehead atoms. The Hall–Kier alpha value is -3.92. The maximum atomic E-state index is 11.5. The minimum Gasteiger partial charge on any atom is -0.478 e. The summed E-state index contributed by atoms with van der Waals surface area (Å²) in [5.41, 5.74) is 5.34. The maximum absolute atomic E-state index is 11.5. The fourth-order valence-corrected chi connectivity index (χ4v) is 4.78. The lowest BCUT2D eigenvalue weighted by Crippen LogP contribution is -2.07.